The Morgan fingerprint density at radius 3 is 2.76 bits per heavy atom. The van der Waals surface area contributed by atoms with Crippen LogP contribution in [0.5, 0.6) is 0 Å². The number of nitrogens with zero attached hydrogens (tertiary/aromatic N) is 2. The maximum absolute atomic E-state index is 14.3. The molecule has 1 aromatic rings. The number of nitrogen functional groups attached to an aromatic ring is 1. The van der Waals surface area contributed by atoms with Crippen LogP contribution in [0.2, 0.25) is 0 Å². The molecule has 2 heterocycles. The SMILES string of the molecule is Nc1ccn([C@@H]2O[C@H](COC(=O)NCCCCCC(=O)O)[C@H](O)C2(F)F)c(=O)n1. The number of anilines is 1. The molecule has 1 aliphatic heterocycles. The average Bonchev–Trinajstić information content (AvgIpc) is 2.86. The molecule has 0 unspecified atom stereocenters. The zero-order valence-electron chi connectivity index (χ0n) is 15.3. The highest BCUT2D eigenvalue weighted by atomic mass is 19.3. The lowest BCUT2D eigenvalue weighted by Crippen LogP contribution is -2.42. The zero-order chi connectivity index (χ0) is 21.6. The van der Waals surface area contributed by atoms with Gasteiger partial charge >= 0.3 is 23.7 Å². The van der Waals surface area contributed by atoms with Gasteiger partial charge < -0.3 is 30.7 Å². The summed E-state index contributed by atoms with van der Waals surface area (Å²) < 4.78 is 39.0. The van der Waals surface area contributed by atoms with Crippen LogP contribution in [0.15, 0.2) is 17.1 Å². The molecule has 0 aliphatic carbocycles. The van der Waals surface area contributed by atoms with Gasteiger partial charge in [0.15, 0.2) is 6.10 Å². The number of aromatic nitrogens is 2. The molecule has 11 nitrogen and oxygen atoms in total. The van der Waals surface area contributed by atoms with Gasteiger partial charge in [0, 0.05) is 19.2 Å². The van der Waals surface area contributed by atoms with E-state index < -0.39 is 48.7 Å². The number of nitrogens with two attached hydrogens (primary N) is 1. The first-order valence-corrected chi connectivity index (χ1v) is 8.81. The highest BCUT2D eigenvalue weighted by Crippen LogP contribution is 2.42. The maximum atomic E-state index is 14.3. The van der Waals surface area contributed by atoms with E-state index >= 15 is 0 Å². The van der Waals surface area contributed by atoms with Gasteiger partial charge in [-0.25, -0.2) is 9.59 Å². The summed E-state index contributed by atoms with van der Waals surface area (Å²) in [5.41, 5.74) is 4.24. The number of nitrogens with one attached hydrogen (secondary N) is 1. The number of hydrogen-bond donors (Lipinski definition) is 4. The topological polar surface area (TPSA) is 166 Å². The van der Waals surface area contributed by atoms with E-state index in [2.05, 4.69) is 10.3 Å². The second kappa shape index (κ2) is 9.60. The van der Waals surface area contributed by atoms with Crippen LogP contribution in [-0.2, 0) is 14.3 Å². The van der Waals surface area contributed by atoms with E-state index in [0.29, 0.717) is 23.8 Å². The Balaban J connectivity index is 1.83. The lowest BCUT2D eigenvalue weighted by Gasteiger charge is -2.20. The predicted octanol–water partition coefficient (Wildman–Crippen LogP) is 0.0903. The molecule has 0 saturated carbocycles. The molecule has 0 bridgehead atoms. The Hall–Kier alpha value is -2.80. The van der Waals surface area contributed by atoms with Crippen molar-refractivity contribution < 1.29 is 38.1 Å². The summed E-state index contributed by atoms with van der Waals surface area (Å²) in [5.74, 6) is -4.90. The fourth-order valence-electron chi connectivity index (χ4n) is 2.69. The number of carboxylic acids is 1. The largest absolute Gasteiger partial charge is 0.481 e. The molecule has 13 heteroatoms. The maximum Gasteiger partial charge on any atom is 0.407 e. The standard InChI is InChI=1S/C16H22F2N4O7/c17-16(18)12(25)9(29-13(16)22-7-5-10(19)21-14(22)26)8-28-15(27)20-6-3-1-2-4-11(23)24/h5,7,9,12-13,25H,1-4,6,8H2,(H,20,27)(H,23,24)(H2,19,21,26)/t9-,12+,13-/m1/s1. The minimum absolute atomic E-state index is 0.0311. The van der Waals surface area contributed by atoms with Crippen molar-refractivity contribution >= 4 is 17.9 Å². The molecule has 5 N–H and O–H groups in total. The first-order valence-electron chi connectivity index (χ1n) is 8.81. The number of halogens is 2. The molecule has 1 fully saturated rings. The summed E-state index contributed by atoms with van der Waals surface area (Å²) in [4.78, 5) is 37.1. The third-order valence-corrected chi connectivity index (χ3v) is 4.20. The Kier molecular flexibility index (Phi) is 7.45. The van der Waals surface area contributed by atoms with Gasteiger partial charge in [0.1, 0.15) is 18.5 Å². The van der Waals surface area contributed by atoms with Crippen LogP contribution in [0.4, 0.5) is 19.4 Å². The lowest BCUT2D eigenvalue weighted by molar-refractivity contribution is -0.141. The Bertz CT molecular complexity index is 789. The fourth-order valence-corrected chi connectivity index (χ4v) is 2.69. The summed E-state index contributed by atoms with van der Waals surface area (Å²) >= 11 is 0. The van der Waals surface area contributed by atoms with Crippen molar-refractivity contribution in [3.8, 4) is 0 Å². The number of ether oxygens (including phenoxy) is 2. The Morgan fingerprint density at radius 2 is 2.10 bits per heavy atom. The highest BCUT2D eigenvalue weighted by molar-refractivity contribution is 5.67. The third-order valence-electron chi connectivity index (χ3n) is 4.20. The molecular weight excluding hydrogens is 398 g/mol. The minimum Gasteiger partial charge on any atom is -0.481 e. The number of aliphatic hydroxyl groups is 1. The summed E-state index contributed by atoms with van der Waals surface area (Å²) in [5, 5.41) is 20.7. The van der Waals surface area contributed by atoms with Gasteiger partial charge in [-0.2, -0.15) is 13.8 Å². The van der Waals surface area contributed by atoms with E-state index in [-0.39, 0.29) is 18.8 Å². The number of rotatable bonds is 9. The van der Waals surface area contributed by atoms with E-state index in [9.17, 15) is 28.3 Å². The number of aliphatic hydroxyl groups excluding tert-OH is 1. The van der Waals surface area contributed by atoms with Crippen LogP contribution in [-0.4, -0.2) is 63.1 Å². The molecular formula is C16H22F2N4O7. The molecule has 1 amide bonds. The summed E-state index contributed by atoms with van der Waals surface area (Å²) in [6.45, 7) is -0.465. The van der Waals surface area contributed by atoms with Crippen molar-refractivity contribution in [2.24, 2.45) is 0 Å². The molecule has 0 aromatic carbocycles. The summed E-state index contributed by atoms with van der Waals surface area (Å²) in [6.07, 6.45) is -4.38. The molecule has 1 aromatic heterocycles. The Morgan fingerprint density at radius 1 is 1.38 bits per heavy atom. The van der Waals surface area contributed by atoms with Gasteiger partial charge in [0.2, 0.25) is 6.23 Å². The van der Waals surface area contributed by atoms with Crippen molar-refractivity contribution in [3.05, 3.63) is 22.7 Å². The van der Waals surface area contributed by atoms with Crippen molar-refractivity contribution in [3.63, 3.8) is 0 Å². The number of amides is 1. The molecule has 1 aliphatic rings. The van der Waals surface area contributed by atoms with Gasteiger partial charge in [-0.15, -0.1) is 0 Å². The molecule has 162 valence electrons. The Labute approximate surface area is 163 Å². The molecule has 1 saturated heterocycles. The van der Waals surface area contributed by atoms with E-state index in [4.69, 9.17) is 20.3 Å². The highest BCUT2D eigenvalue weighted by Gasteiger charge is 2.60. The monoisotopic (exact) mass is 420 g/mol. The normalized spacial score (nSPS) is 22.9. The van der Waals surface area contributed by atoms with Gasteiger partial charge in [-0.3, -0.25) is 9.36 Å². The van der Waals surface area contributed by atoms with Crippen LogP contribution in [0.25, 0.3) is 0 Å². The van der Waals surface area contributed by atoms with Crippen LogP contribution in [0, 0.1) is 0 Å². The number of unbranched alkanes of at least 4 members (excludes halogenated alkanes) is 2. The van der Waals surface area contributed by atoms with Crippen LogP contribution >= 0.6 is 0 Å². The second-order valence-electron chi connectivity index (χ2n) is 6.42. The first kappa shape index (κ1) is 22.5. The number of alkyl carbamates (subject to hydrolysis) is 1. The van der Waals surface area contributed by atoms with Crippen LogP contribution < -0.4 is 16.7 Å². The average molecular weight is 420 g/mol. The van der Waals surface area contributed by atoms with Crippen LogP contribution in [0.3, 0.4) is 0 Å². The summed E-state index contributed by atoms with van der Waals surface area (Å²) in [7, 11) is 0. The van der Waals surface area contributed by atoms with Crippen molar-refractivity contribution in [2.45, 2.75) is 50.0 Å². The number of hydrogen-bond acceptors (Lipinski definition) is 8. The number of aliphatic carboxylic acids is 1. The second-order valence-corrected chi connectivity index (χ2v) is 6.42. The smallest absolute Gasteiger partial charge is 0.407 e. The third kappa shape index (κ3) is 5.84. The quantitative estimate of drug-likeness (QED) is 0.405. The van der Waals surface area contributed by atoms with Gasteiger partial charge in [0.05, 0.1) is 0 Å². The van der Waals surface area contributed by atoms with Crippen molar-refractivity contribution in [1.82, 2.24) is 14.9 Å². The van der Waals surface area contributed by atoms with Crippen molar-refractivity contribution in [2.75, 3.05) is 18.9 Å². The number of carbonyl (C=O) groups is 2. The number of carboxylic acid groups (broad SMARTS) is 1. The fraction of sp³-hybridized carbons (Fsp3) is 0.625. The van der Waals surface area contributed by atoms with E-state index in [1.54, 1.807) is 0 Å². The van der Waals surface area contributed by atoms with E-state index in [0.717, 1.165) is 12.3 Å². The van der Waals surface area contributed by atoms with Gasteiger partial charge in [-0.05, 0) is 18.9 Å². The van der Waals surface area contributed by atoms with E-state index in [1.165, 1.54) is 0 Å². The number of carbonyl (C=O) groups excluding carboxylic acids is 1. The van der Waals surface area contributed by atoms with Crippen LogP contribution in [0.1, 0.15) is 31.9 Å². The van der Waals surface area contributed by atoms with Gasteiger partial charge in [-0.1, -0.05) is 6.42 Å². The lowest BCUT2D eigenvalue weighted by atomic mass is 10.1. The van der Waals surface area contributed by atoms with Gasteiger partial charge in [0.25, 0.3) is 0 Å². The van der Waals surface area contributed by atoms with E-state index in [1.807, 2.05) is 0 Å². The zero-order valence-corrected chi connectivity index (χ0v) is 15.3. The minimum atomic E-state index is -3.84. The summed E-state index contributed by atoms with van der Waals surface area (Å²) in [6, 6.07) is 1.13. The number of alkyl halides is 2. The first-order chi connectivity index (χ1) is 13.6. The molecule has 3 atom stereocenters. The molecule has 29 heavy (non-hydrogen) atoms. The molecule has 2 rings (SSSR count). The molecule has 0 spiro atoms. The van der Waals surface area contributed by atoms with Crippen molar-refractivity contribution in [1.29, 1.82) is 0 Å². The molecule has 0 radical (unpaired) electrons. The predicted molar refractivity (Wildman–Crippen MR) is 93.2 cm³/mol.